The highest BCUT2D eigenvalue weighted by Crippen LogP contribution is 2.27. The number of aromatic amines is 1. The van der Waals surface area contributed by atoms with Crippen molar-refractivity contribution in [1.82, 2.24) is 15.3 Å². The fourth-order valence-corrected chi connectivity index (χ4v) is 2.28. The van der Waals surface area contributed by atoms with Gasteiger partial charge in [0.1, 0.15) is 0 Å². The summed E-state index contributed by atoms with van der Waals surface area (Å²) in [5, 5.41) is 12.9. The summed E-state index contributed by atoms with van der Waals surface area (Å²) in [5.41, 5.74) is 1.02. The molecule has 1 aliphatic carbocycles. The van der Waals surface area contributed by atoms with Gasteiger partial charge in [-0.2, -0.15) is 0 Å². The predicted molar refractivity (Wildman–Crippen MR) is 58.3 cm³/mol. The molecule has 0 amide bonds. The maximum Gasteiger partial charge on any atom is 0.0922 e. The topological polar surface area (TPSA) is 60.9 Å². The molecule has 0 radical (unpaired) electrons. The van der Waals surface area contributed by atoms with E-state index in [0.717, 1.165) is 25.1 Å². The fourth-order valence-electron chi connectivity index (χ4n) is 2.28. The van der Waals surface area contributed by atoms with Gasteiger partial charge in [0.05, 0.1) is 12.9 Å². The van der Waals surface area contributed by atoms with Crippen LogP contribution in [0.25, 0.3) is 0 Å². The molecule has 0 bridgehead atoms. The highest BCUT2D eigenvalue weighted by Gasteiger charge is 2.30. The van der Waals surface area contributed by atoms with E-state index in [-0.39, 0.29) is 12.1 Å². The average molecular weight is 209 g/mol. The van der Waals surface area contributed by atoms with Gasteiger partial charge in [-0.3, -0.25) is 0 Å². The summed E-state index contributed by atoms with van der Waals surface area (Å²) < 4.78 is 0. The van der Waals surface area contributed by atoms with Gasteiger partial charge in [-0.15, -0.1) is 0 Å². The minimum atomic E-state index is -0.0522. The van der Waals surface area contributed by atoms with Crippen LogP contribution < -0.4 is 5.32 Å². The van der Waals surface area contributed by atoms with Crippen LogP contribution in [0.4, 0.5) is 0 Å². The number of aliphatic hydroxyl groups excluding tert-OH is 1. The number of aliphatic hydroxyl groups is 1. The molecule has 1 fully saturated rings. The summed E-state index contributed by atoms with van der Waals surface area (Å²) in [7, 11) is 0. The standard InChI is InChI=1S/C11H19N3O/c15-8-11(4-2-1-3-5-11)14-7-10-6-12-9-13-10/h6,9,14-15H,1-5,7-8H2,(H,12,13). The van der Waals surface area contributed by atoms with Crippen molar-refractivity contribution in [2.75, 3.05) is 6.61 Å². The number of nitrogens with zero attached hydrogens (tertiary/aromatic N) is 1. The summed E-state index contributed by atoms with van der Waals surface area (Å²) in [6, 6.07) is 0. The van der Waals surface area contributed by atoms with E-state index in [4.69, 9.17) is 0 Å². The molecular weight excluding hydrogens is 190 g/mol. The molecule has 1 heterocycles. The van der Waals surface area contributed by atoms with E-state index in [9.17, 15) is 5.11 Å². The summed E-state index contributed by atoms with van der Waals surface area (Å²) in [5.74, 6) is 0. The predicted octanol–water partition coefficient (Wildman–Crippen LogP) is 1.19. The van der Waals surface area contributed by atoms with Crippen LogP contribution in [0.1, 0.15) is 37.8 Å². The first-order chi connectivity index (χ1) is 7.35. The Bertz CT molecular complexity index is 278. The number of hydrogen-bond donors (Lipinski definition) is 3. The van der Waals surface area contributed by atoms with Crippen LogP contribution in [0.3, 0.4) is 0 Å². The van der Waals surface area contributed by atoms with E-state index < -0.39 is 0 Å². The van der Waals surface area contributed by atoms with Crippen LogP contribution in [0, 0.1) is 0 Å². The first-order valence-electron chi connectivity index (χ1n) is 5.68. The summed E-state index contributed by atoms with van der Waals surface area (Å²) in [6.45, 7) is 1.00. The zero-order valence-corrected chi connectivity index (χ0v) is 9.00. The number of nitrogens with one attached hydrogen (secondary N) is 2. The van der Waals surface area contributed by atoms with Gasteiger partial charge in [0.15, 0.2) is 0 Å². The molecule has 1 aromatic heterocycles. The lowest BCUT2D eigenvalue weighted by atomic mass is 9.82. The maximum absolute atomic E-state index is 9.48. The van der Waals surface area contributed by atoms with Gasteiger partial charge < -0.3 is 15.4 Å². The lowest BCUT2D eigenvalue weighted by molar-refractivity contribution is 0.119. The molecule has 15 heavy (non-hydrogen) atoms. The monoisotopic (exact) mass is 209 g/mol. The van der Waals surface area contributed by atoms with Crippen LogP contribution in [-0.4, -0.2) is 27.2 Å². The molecule has 3 N–H and O–H groups in total. The number of aromatic nitrogens is 2. The molecule has 0 spiro atoms. The molecule has 0 unspecified atom stereocenters. The van der Waals surface area contributed by atoms with Crippen molar-refractivity contribution in [1.29, 1.82) is 0 Å². The van der Waals surface area contributed by atoms with Crippen LogP contribution in [0.5, 0.6) is 0 Å². The number of imidazole rings is 1. The Hall–Kier alpha value is -0.870. The fraction of sp³-hybridized carbons (Fsp3) is 0.727. The van der Waals surface area contributed by atoms with Crippen molar-refractivity contribution in [2.45, 2.75) is 44.2 Å². The van der Waals surface area contributed by atoms with Crippen molar-refractivity contribution in [3.63, 3.8) is 0 Å². The minimum absolute atomic E-state index is 0.0522. The first kappa shape index (κ1) is 10.6. The molecule has 4 nitrogen and oxygen atoms in total. The minimum Gasteiger partial charge on any atom is -0.394 e. The van der Waals surface area contributed by atoms with Crippen LogP contribution in [0.2, 0.25) is 0 Å². The molecule has 2 rings (SSSR count). The summed E-state index contributed by atoms with van der Waals surface area (Å²) in [6.07, 6.45) is 9.40. The summed E-state index contributed by atoms with van der Waals surface area (Å²) >= 11 is 0. The SMILES string of the molecule is OCC1(NCc2cnc[nH]2)CCCCC1. The molecule has 1 saturated carbocycles. The highest BCUT2D eigenvalue weighted by molar-refractivity contribution is 4.97. The molecule has 4 heteroatoms. The van der Waals surface area contributed by atoms with Gasteiger partial charge in [-0.25, -0.2) is 4.98 Å². The smallest absolute Gasteiger partial charge is 0.0922 e. The Labute approximate surface area is 90.1 Å². The first-order valence-corrected chi connectivity index (χ1v) is 5.68. The lowest BCUT2D eigenvalue weighted by Gasteiger charge is -2.36. The second-order valence-corrected chi connectivity index (χ2v) is 4.43. The molecular formula is C11H19N3O. The average Bonchev–Trinajstić information content (AvgIpc) is 2.81. The van der Waals surface area contributed by atoms with Crippen LogP contribution >= 0.6 is 0 Å². The highest BCUT2D eigenvalue weighted by atomic mass is 16.3. The van der Waals surface area contributed by atoms with E-state index in [1.165, 1.54) is 19.3 Å². The maximum atomic E-state index is 9.48. The van der Waals surface area contributed by atoms with Crippen LogP contribution in [-0.2, 0) is 6.54 Å². The lowest BCUT2D eigenvalue weighted by Crippen LogP contribution is -2.49. The molecule has 84 valence electrons. The summed E-state index contributed by atoms with van der Waals surface area (Å²) in [4.78, 5) is 7.04. The number of hydrogen-bond acceptors (Lipinski definition) is 3. The Morgan fingerprint density at radius 2 is 2.20 bits per heavy atom. The van der Waals surface area contributed by atoms with E-state index >= 15 is 0 Å². The van der Waals surface area contributed by atoms with Gasteiger partial charge in [-0.1, -0.05) is 19.3 Å². The Morgan fingerprint density at radius 3 is 2.80 bits per heavy atom. The molecule has 0 aromatic carbocycles. The zero-order chi connectivity index (χ0) is 10.6. The van der Waals surface area contributed by atoms with Gasteiger partial charge in [0.2, 0.25) is 0 Å². The van der Waals surface area contributed by atoms with Crippen LogP contribution in [0.15, 0.2) is 12.5 Å². The molecule has 0 aliphatic heterocycles. The van der Waals surface area contributed by atoms with E-state index in [1.807, 2.05) is 6.20 Å². The van der Waals surface area contributed by atoms with Gasteiger partial charge >= 0.3 is 0 Å². The van der Waals surface area contributed by atoms with E-state index in [1.54, 1.807) is 6.33 Å². The van der Waals surface area contributed by atoms with Gasteiger partial charge in [0, 0.05) is 24.0 Å². The second-order valence-electron chi connectivity index (χ2n) is 4.43. The molecule has 0 atom stereocenters. The normalized spacial score (nSPS) is 20.3. The Kier molecular flexibility index (Phi) is 3.38. The number of H-pyrrole nitrogens is 1. The third-order valence-corrected chi connectivity index (χ3v) is 3.32. The largest absolute Gasteiger partial charge is 0.394 e. The second kappa shape index (κ2) is 4.77. The van der Waals surface area contributed by atoms with E-state index in [2.05, 4.69) is 15.3 Å². The Balaban J connectivity index is 1.89. The zero-order valence-electron chi connectivity index (χ0n) is 9.00. The van der Waals surface area contributed by atoms with Crippen molar-refractivity contribution >= 4 is 0 Å². The van der Waals surface area contributed by atoms with Crippen molar-refractivity contribution in [3.8, 4) is 0 Å². The third-order valence-electron chi connectivity index (χ3n) is 3.32. The third kappa shape index (κ3) is 2.58. The Morgan fingerprint density at radius 1 is 1.40 bits per heavy atom. The van der Waals surface area contributed by atoms with Crippen molar-refractivity contribution in [3.05, 3.63) is 18.2 Å². The van der Waals surface area contributed by atoms with E-state index in [0.29, 0.717) is 0 Å². The van der Waals surface area contributed by atoms with Crippen molar-refractivity contribution in [2.24, 2.45) is 0 Å². The molecule has 1 aromatic rings. The molecule has 1 aliphatic rings. The van der Waals surface area contributed by atoms with Gasteiger partial charge in [0.25, 0.3) is 0 Å². The quantitative estimate of drug-likeness (QED) is 0.698. The van der Waals surface area contributed by atoms with Crippen molar-refractivity contribution < 1.29 is 5.11 Å². The van der Waals surface area contributed by atoms with Gasteiger partial charge in [-0.05, 0) is 12.8 Å². The molecule has 0 saturated heterocycles. The number of rotatable bonds is 4.